The van der Waals surface area contributed by atoms with Gasteiger partial charge in [0.05, 0.1) is 36.0 Å². The summed E-state index contributed by atoms with van der Waals surface area (Å²) in [7, 11) is 0. The van der Waals surface area contributed by atoms with Crippen LogP contribution in [0.15, 0.2) is 40.7 Å². The number of nitrogens with zero attached hydrogens (tertiary/aromatic N) is 4. The lowest BCUT2D eigenvalue weighted by Gasteiger charge is -2.36. The number of hydrogen-bond acceptors (Lipinski definition) is 5. The van der Waals surface area contributed by atoms with Crippen molar-refractivity contribution in [1.82, 2.24) is 20.1 Å². The molecule has 0 aliphatic carbocycles. The number of guanidine groups is 1. The van der Waals surface area contributed by atoms with Crippen LogP contribution in [0.5, 0.6) is 0 Å². The van der Waals surface area contributed by atoms with Gasteiger partial charge in [-0.3, -0.25) is 4.90 Å². The summed E-state index contributed by atoms with van der Waals surface area (Å²) in [5.74, 6) is 0.969. The number of aromatic nitrogens is 1. The van der Waals surface area contributed by atoms with Crippen molar-refractivity contribution in [3.8, 4) is 0 Å². The number of aliphatic imine (C=N–C) groups is 1. The van der Waals surface area contributed by atoms with Gasteiger partial charge in [-0.1, -0.05) is 37.3 Å². The zero-order valence-electron chi connectivity index (χ0n) is 17.8. The number of likely N-dealkylation sites (tertiary alicyclic amines) is 1. The second-order valence-electron chi connectivity index (χ2n) is 7.59. The predicted octanol–water partition coefficient (Wildman–Crippen LogP) is 3.37. The summed E-state index contributed by atoms with van der Waals surface area (Å²) in [6.45, 7) is 10.3. The lowest BCUT2D eigenvalue weighted by molar-refractivity contribution is -0.0502. The second-order valence-corrected chi connectivity index (χ2v) is 8.54. The van der Waals surface area contributed by atoms with Gasteiger partial charge in [0.25, 0.3) is 0 Å². The lowest BCUT2D eigenvalue weighted by atomic mass is 10.1. The normalized spacial score (nSPS) is 21.9. The Hall–Kier alpha value is -1.23. The molecule has 3 heterocycles. The third-order valence-electron chi connectivity index (χ3n) is 5.57. The molecule has 2 unspecified atom stereocenters. The number of ether oxygens (including phenoxy) is 1. The minimum Gasteiger partial charge on any atom is -0.373 e. The first-order valence-corrected chi connectivity index (χ1v) is 11.5. The third kappa shape index (κ3) is 5.72. The van der Waals surface area contributed by atoms with Crippen LogP contribution in [0, 0.1) is 0 Å². The summed E-state index contributed by atoms with van der Waals surface area (Å²) in [4.78, 5) is 14.5. The first-order chi connectivity index (χ1) is 14.3. The number of benzene rings is 1. The molecule has 6 nitrogen and oxygen atoms in total. The van der Waals surface area contributed by atoms with Gasteiger partial charge in [-0.15, -0.1) is 35.3 Å². The SMILES string of the molecule is CCNC(=NCc1csc(CC)n1)N1CC2OCCN(Cc3ccccc3)C2C1.I. The van der Waals surface area contributed by atoms with Crippen molar-refractivity contribution in [2.45, 2.75) is 45.5 Å². The van der Waals surface area contributed by atoms with E-state index in [1.807, 2.05) is 0 Å². The Balaban J connectivity index is 0.00000256. The maximum Gasteiger partial charge on any atom is 0.194 e. The molecule has 8 heteroatoms. The molecular formula is C22H32IN5OS. The summed E-state index contributed by atoms with van der Waals surface area (Å²) in [5, 5.41) is 6.77. The van der Waals surface area contributed by atoms with Crippen molar-refractivity contribution in [3.63, 3.8) is 0 Å². The molecule has 1 N–H and O–H groups in total. The zero-order chi connectivity index (χ0) is 20.1. The molecule has 1 aromatic carbocycles. The Morgan fingerprint density at radius 2 is 2.10 bits per heavy atom. The van der Waals surface area contributed by atoms with Crippen LogP contribution in [0.4, 0.5) is 0 Å². The van der Waals surface area contributed by atoms with Crippen molar-refractivity contribution in [2.75, 3.05) is 32.8 Å². The Bertz CT molecular complexity index is 815. The lowest BCUT2D eigenvalue weighted by Crippen LogP contribution is -2.50. The number of hydrogen-bond donors (Lipinski definition) is 1. The first-order valence-electron chi connectivity index (χ1n) is 10.6. The molecule has 2 atom stereocenters. The van der Waals surface area contributed by atoms with Crippen LogP contribution < -0.4 is 5.32 Å². The smallest absolute Gasteiger partial charge is 0.194 e. The molecule has 2 saturated heterocycles. The van der Waals surface area contributed by atoms with Crippen molar-refractivity contribution in [1.29, 1.82) is 0 Å². The number of morpholine rings is 1. The zero-order valence-corrected chi connectivity index (χ0v) is 20.9. The highest BCUT2D eigenvalue weighted by Gasteiger charge is 2.41. The molecule has 30 heavy (non-hydrogen) atoms. The number of rotatable bonds is 6. The largest absolute Gasteiger partial charge is 0.373 e. The molecule has 2 aromatic rings. The summed E-state index contributed by atoms with van der Waals surface area (Å²) in [6.07, 6.45) is 1.22. The van der Waals surface area contributed by atoms with E-state index in [9.17, 15) is 0 Å². The fraction of sp³-hybridized carbons (Fsp3) is 0.545. The van der Waals surface area contributed by atoms with Gasteiger partial charge in [0.15, 0.2) is 5.96 Å². The molecule has 1 aromatic heterocycles. The molecule has 164 valence electrons. The van der Waals surface area contributed by atoms with Crippen LogP contribution in [0.3, 0.4) is 0 Å². The Morgan fingerprint density at radius 1 is 1.27 bits per heavy atom. The van der Waals surface area contributed by atoms with Gasteiger partial charge in [-0.05, 0) is 18.9 Å². The number of aryl methyl sites for hydroxylation is 1. The van der Waals surface area contributed by atoms with Crippen LogP contribution in [0.1, 0.15) is 30.1 Å². The van der Waals surface area contributed by atoms with E-state index < -0.39 is 0 Å². The van der Waals surface area contributed by atoms with E-state index in [0.717, 1.165) is 57.4 Å². The van der Waals surface area contributed by atoms with E-state index in [4.69, 9.17) is 9.73 Å². The maximum atomic E-state index is 6.13. The molecule has 0 radical (unpaired) electrons. The molecular weight excluding hydrogens is 509 g/mol. The Kier molecular flexibility index (Phi) is 8.91. The van der Waals surface area contributed by atoms with Crippen molar-refractivity contribution in [2.24, 2.45) is 4.99 Å². The molecule has 0 bridgehead atoms. The van der Waals surface area contributed by atoms with Gasteiger partial charge < -0.3 is 15.0 Å². The minimum absolute atomic E-state index is 0. The number of halogens is 1. The minimum atomic E-state index is 0. The highest BCUT2D eigenvalue weighted by Crippen LogP contribution is 2.25. The van der Waals surface area contributed by atoms with Gasteiger partial charge in [0, 0.05) is 38.1 Å². The number of thiazole rings is 1. The van der Waals surface area contributed by atoms with Gasteiger partial charge in [-0.2, -0.15) is 0 Å². The van der Waals surface area contributed by atoms with Crippen LogP contribution >= 0.6 is 35.3 Å². The highest BCUT2D eigenvalue weighted by molar-refractivity contribution is 14.0. The van der Waals surface area contributed by atoms with E-state index in [-0.39, 0.29) is 30.1 Å². The van der Waals surface area contributed by atoms with Gasteiger partial charge in [0.1, 0.15) is 0 Å². The van der Waals surface area contributed by atoms with Crippen molar-refractivity contribution in [3.05, 3.63) is 52.0 Å². The maximum absolute atomic E-state index is 6.13. The van der Waals surface area contributed by atoms with Crippen LogP contribution in [0.2, 0.25) is 0 Å². The Labute approximate surface area is 200 Å². The van der Waals surface area contributed by atoms with Gasteiger partial charge in [-0.25, -0.2) is 9.98 Å². The summed E-state index contributed by atoms with van der Waals surface area (Å²) >= 11 is 1.72. The summed E-state index contributed by atoms with van der Waals surface area (Å²) in [5.41, 5.74) is 2.42. The first kappa shape index (κ1) is 23.4. The molecule has 0 amide bonds. The van der Waals surface area contributed by atoms with Gasteiger partial charge >= 0.3 is 0 Å². The molecule has 2 aliphatic heterocycles. The van der Waals surface area contributed by atoms with E-state index in [1.54, 1.807) is 11.3 Å². The third-order valence-corrected chi connectivity index (χ3v) is 6.61. The second kappa shape index (κ2) is 11.4. The molecule has 2 fully saturated rings. The van der Waals surface area contributed by atoms with Crippen LogP contribution in [-0.2, 0) is 24.2 Å². The van der Waals surface area contributed by atoms with Crippen LogP contribution in [-0.4, -0.2) is 65.7 Å². The molecule has 0 saturated carbocycles. The summed E-state index contributed by atoms with van der Waals surface area (Å²) < 4.78 is 6.13. The fourth-order valence-corrected chi connectivity index (χ4v) is 4.85. The average Bonchev–Trinajstić information content (AvgIpc) is 3.39. The summed E-state index contributed by atoms with van der Waals surface area (Å²) in [6, 6.07) is 11.1. The molecule has 4 rings (SSSR count). The average molecular weight is 542 g/mol. The fourth-order valence-electron chi connectivity index (χ4n) is 4.11. The van der Waals surface area contributed by atoms with E-state index in [0.29, 0.717) is 12.6 Å². The topological polar surface area (TPSA) is 53.0 Å². The number of nitrogens with one attached hydrogen (secondary N) is 1. The number of fused-ring (bicyclic) bond motifs is 1. The monoisotopic (exact) mass is 541 g/mol. The molecule has 0 spiro atoms. The standard InChI is InChI=1S/C22H31N5OS.HI/c1-3-21-25-18(16-29-21)12-24-22(23-4-2)27-14-19-20(15-27)28-11-10-26(19)13-17-8-6-5-7-9-17;/h5-9,16,19-20H,3-4,10-15H2,1-2H3,(H,23,24);1H. The highest BCUT2D eigenvalue weighted by atomic mass is 127. The van der Waals surface area contributed by atoms with E-state index >= 15 is 0 Å². The Morgan fingerprint density at radius 3 is 2.83 bits per heavy atom. The van der Waals surface area contributed by atoms with Crippen molar-refractivity contribution >= 4 is 41.3 Å². The van der Waals surface area contributed by atoms with Crippen molar-refractivity contribution < 1.29 is 4.74 Å². The quantitative estimate of drug-likeness (QED) is 0.346. The van der Waals surface area contributed by atoms with Gasteiger partial charge in [0.2, 0.25) is 0 Å². The molecule has 2 aliphatic rings. The predicted molar refractivity (Wildman–Crippen MR) is 134 cm³/mol. The van der Waals surface area contributed by atoms with E-state index in [2.05, 4.69) is 69.7 Å². The van der Waals surface area contributed by atoms with E-state index in [1.165, 1.54) is 10.6 Å². The van der Waals surface area contributed by atoms with Crippen LogP contribution in [0.25, 0.3) is 0 Å².